The molecule has 0 spiro atoms. The van der Waals surface area contributed by atoms with Crippen LogP contribution in [0.25, 0.3) is 0 Å². The van der Waals surface area contributed by atoms with E-state index in [-0.39, 0.29) is 5.56 Å². The van der Waals surface area contributed by atoms with E-state index in [1.165, 1.54) is 0 Å². The number of alkyl halides is 3. The van der Waals surface area contributed by atoms with Gasteiger partial charge in [-0.1, -0.05) is 6.07 Å². The third-order valence-corrected chi connectivity index (χ3v) is 2.59. The van der Waals surface area contributed by atoms with Crippen molar-refractivity contribution in [1.29, 1.82) is 5.26 Å². The molecule has 0 aromatic heterocycles. The number of hydrogen-bond donors (Lipinski definition) is 3. The van der Waals surface area contributed by atoms with E-state index in [0.29, 0.717) is 12.1 Å². The van der Waals surface area contributed by atoms with Gasteiger partial charge >= 0.3 is 12.1 Å². The standard InChI is InChI=1S/C12H10F3NO4/c13-12(14,15)8-5-6(1-2-7(8)11(19)20)10(18)9(17)3-4-16/h1-2,5,9-10,17-18H,3H2,(H,19,20). The first-order chi connectivity index (χ1) is 9.18. The molecule has 108 valence electrons. The van der Waals surface area contributed by atoms with Gasteiger partial charge in [0.25, 0.3) is 0 Å². The zero-order valence-electron chi connectivity index (χ0n) is 9.92. The number of nitrogens with zero attached hydrogens (tertiary/aromatic N) is 1. The molecule has 2 unspecified atom stereocenters. The van der Waals surface area contributed by atoms with Crippen LogP contribution in [0.3, 0.4) is 0 Å². The summed E-state index contributed by atoms with van der Waals surface area (Å²) in [5.74, 6) is -1.75. The molecule has 0 aliphatic carbocycles. The molecule has 0 saturated heterocycles. The number of rotatable bonds is 4. The smallest absolute Gasteiger partial charge is 0.417 e. The zero-order chi connectivity index (χ0) is 15.5. The van der Waals surface area contributed by atoms with Gasteiger partial charge in [0, 0.05) is 0 Å². The Balaban J connectivity index is 3.27. The van der Waals surface area contributed by atoms with Crippen molar-refractivity contribution in [3.8, 4) is 6.07 Å². The van der Waals surface area contributed by atoms with Crippen LogP contribution in [-0.2, 0) is 6.18 Å². The van der Waals surface area contributed by atoms with Gasteiger partial charge in [0.15, 0.2) is 0 Å². The summed E-state index contributed by atoms with van der Waals surface area (Å²) >= 11 is 0. The highest BCUT2D eigenvalue weighted by Crippen LogP contribution is 2.34. The normalized spacial score (nSPS) is 14.4. The predicted molar refractivity (Wildman–Crippen MR) is 59.6 cm³/mol. The van der Waals surface area contributed by atoms with Gasteiger partial charge in [0.2, 0.25) is 0 Å². The minimum Gasteiger partial charge on any atom is -0.478 e. The molecule has 0 amide bonds. The molecular formula is C12H10F3NO4. The highest BCUT2D eigenvalue weighted by atomic mass is 19.4. The second-order valence-electron chi connectivity index (χ2n) is 3.98. The van der Waals surface area contributed by atoms with Crippen molar-refractivity contribution in [1.82, 2.24) is 0 Å². The number of carboxylic acids is 1. The number of aromatic carboxylic acids is 1. The lowest BCUT2D eigenvalue weighted by Gasteiger charge is -2.18. The molecule has 1 rings (SSSR count). The Morgan fingerprint density at radius 2 is 1.95 bits per heavy atom. The Labute approximate surface area is 111 Å². The van der Waals surface area contributed by atoms with E-state index in [4.69, 9.17) is 10.4 Å². The summed E-state index contributed by atoms with van der Waals surface area (Å²) in [6.45, 7) is 0. The Morgan fingerprint density at radius 3 is 2.40 bits per heavy atom. The minimum absolute atomic E-state index is 0.315. The predicted octanol–water partition coefficient (Wildman–Crippen LogP) is 1.71. The number of aliphatic hydroxyl groups is 2. The SMILES string of the molecule is N#CCC(O)C(O)c1ccc(C(=O)O)c(C(F)(F)F)c1. The second kappa shape index (κ2) is 5.90. The van der Waals surface area contributed by atoms with Crippen LogP contribution in [0.1, 0.15) is 34.0 Å². The molecule has 0 aliphatic heterocycles. The van der Waals surface area contributed by atoms with Gasteiger partial charge in [-0.2, -0.15) is 18.4 Å². The zero-order valence-corrected chi connectivity index (χ0v) is 9.92. The average Bonchev–Trinajstić information content (AvgIpc) is 2.36. The number of halogens is 3. The summed E-state index contributed by atoms with van der Waals surface area (Å²) in [6, 6.07) is 3.68. The first-order valence-corrected chi connectivity index (χ1v) is 5.36. The number of aliphatic hydroxyl groups excluding tert-OH is 2. The molecule has 1 aromatic rings. The fourth-order valence-corrected chi connectivity index (χ4v) is 1.59. The van der Waals surface area contributed by atoms with Gasteiger partial charge in [0.1, 0.15) is 6.10 Å². The molecule has 5 nitrogen and oxygen atoms in total. The van der Waals surface area contributed by atoms with Gasteiger partial charge in [0.05, 0.1) is 29.7 Å². The minimum atomic E-state index is -4.91. The molecule has 0 fully saturated rings. The van der Waals surface area contributed by atoms with E-state index in [1.807, 2.05) is 0 Å². The van der Waals surface area contributed by atoms with Gasteiger partial charge in [-0.15, -0.1) is 0 Å². The molecule has 0 aliphatic rings. The first kappa shape index (κ1) is 15.9. The molecule has 0 radical (unpaired) electrons. The largest absolute Gasteiger partial charge is 0.478 e. The molecule has 0 saturated carbocycles. The number of nitriles is 1. The van der Waals surface area contributed by atoms with E-state index < -0.39 is 41.9 Å². The highest BCUT2D eigenvalue weighted by Gasteiger charge is 2.36. The fourth-order valence-electron chi connectivity index (χ4n) is 1.59. The van der Waals surface area contributed by atoms with Gasteiger partial charge in [-0.3, -0.25) is 0 Å². The number of carbonyl (C=O) groups is 1. The van der Waals surface area contributed by atoms with Crippen LogP contribution >= 0.6 is 0 Å². The molecule has 0 bridgehead atoms. The van der Waals surface area contributed by atoms with Crippen molar-refractivity contribution < 1.29 is 33.3 Å². The van der Waals surface area contributed by atoms with Crippen LogP contribution < -0.4 is 0 Å². The van der Waals surface area contributed by atoms with E-state index in [2.05, 4.69) is 0 Å². The molecule has 2 atom stereocenters. The van der Waals surface area contributed by atoms with Crippen LogP contribution in [0.4, 0.5) is 13.2 Å². The number of hydrogen-bond acceptors (Lipinski definition) is 4. The van der Waals surface area contributed by atoms with Crippen molar-refractivity contribution in [3.05, 3.63) is 34.9 Å². The van der Waals surface area contributed by atoms with Crippen molar-refractivity contribution in [3.63, 3.8) is 0 Å². The lowest BCUT2D eigenvalue weighted by Crippen LogP contribution is -2.19. The summed E-state index contributed by atoms with van der Waals surface area (Å²) in [4.78, 5) is 10.7. The van der Waals surface area contributed by atoms with Crippen molar-refractivity contribution in [2.75, 3.05) is 0 Å². The van der Waals surface area contributed by atoms with Crippen molar-refractivity contribution in [2.24, 2.45) is 0 Å². The van der Waals surface area contributed by atoms with E-state index in [0.717, 1.165) is 6.07 Å². The quantitative estimate of drug-likeness (QED) is 0.783. The van der Waals surface area contributed by atoms with E-state index in [9.17, 15) is 28.2 Å². The number of carboxylic acid groups (broad SMARTS) is 1. The third-order valence-electron chi connectivity index (χ3n) is 2.59. The summed E-state index contributed by atoms with van der Waals surface area (Å²) in [7, 11) is 0. The third kappa shape index (κ3) is 3.46. The van der Waals surface area contributed by atoms with E-state index >= 15 is 0 Å². The maximum Gasteiger partial charge on any atom is 0.417 e. The topological polar surface area (TPSA) is 102 Å². The van der Waals surface area contributed by atoms with Gasteiger partial charge in [-0.25, -0.2) is 4.79 Å². The molecular weight excluding hydrogens is 279 g/mol. The molecule has 20 heavy (non-hydrogen) atoms. The summed E-state index contributed by atoms with van der Waals surface area (Å²) in [6.07, 6.45) is -8.65. The van der Waals surface area contributed by atoms with Crippen LogP contribution in [-0.4, -0.2) is 27.4 Å². The van der Waals surface area contributed by atoms with Gasteiger partial charge in [-0.05, 0) is 17.7 Å². The van der Waals surface area contributed by atoms with Crippen LogP contribution in [0.5, 0.6) is 0 Å². The number of benzene rings is 1. The van der Waals surface area contributed by atoms with Crippen LogP contribution in [0.2, 0.25) is 0 Å². The lowest BCUT2D eigenvalue weighted by atomic mass is 9.97. The fraction of sp³-hybridized carbons (Fsp3) is 0.333. The molecule has 8 heteroatoms. The van der Waals surface area contributed by atoms with Gasteiger partial charge < -0.3 is 15.3 Å². The van der Waals surface area contributed by atoms with Crippen LogP contribution in [0, 0.1) is 11.3 Å². The van der Waals surface area contributed by atoms with E-state index in [1.54, 1.807) is 6.07 Å². The molecule has 3 N–H and O–H groups in total. The van der Waals surface area contributed by atoms with Crippen molar-refractivity contribution in [2.45, 2.75) is 24.8 Å². The average molecular weight is 289 g/mol. The summed E-state index contributed by atoms with van der Waals surface area (Å²) < 4.78 is 38.2. The maximum atomic E-state index is 12.7. The lowest BCUT2D eigenvalue weighted by molar-refractivity contribution is -0.138. The Bertz CT molecular complexity index is 551. The Kier molecular flexibility index (Phi) is 4.70. The van der Waals surface area contributed by atoms with Crippen LogP contribution in [0.15, 0.2) is 18.2 Å². The highest BCUT2D eigenvalue weighted by molar-refractivity contribution is 5.89. The molecule has 0 heterocycles. The Morgan fingerprint density at radius 1 is 1.35 bits per heavy atom. The second-order valence-corrected chi connectivity index (χ2v) is 3.98. The summed E-state index contributed by atoms with van der Waals surface area (Å²) in [5, 5.41) is 36.0. The van der Waals surface area contributed by atoms with Crippen molar-refractivity contribution >= 4 is 5.97 Å². The Hall–Kier alpha value is -2.11. The molecule has 1 aromatic carbocycles. The monoisotopic (exact) mass is 289 g/mol. The first-order valence-electron chi connectivity index (χ1n) is 5.36. The maximum absolute atomic E-state index is 12.7. The summed E-state index contributed by atoms with van der Waals surface area (Å²) in [5.41, 5.74) is -2.70.